The summed E-state index contributed by atoms with van der Waals surface area (Å²) in [6.07, 6.45) is 3.01. The highest BCUT2D eigenvalue weighted by Crippen LogP contribution is 2.32. The van der Waals surface area contributed by atoms with Crippen molar-refractivity contribution < 1.29 is 19.4 Å². The van der Waals surface area contributed by atoms with Crippen molar-refractivity contribution in [1.29, 1.82) is 0 Å². The molecule has 0 aliphatic carbocycles. The van der Waals surface area contributed by atoms with Gasteiger partial charge in [-0.15, -0.1) is 0 Å². The van der Waals surface area contributed by atoms with Crippen LogP contribution >= 0.6 is 23.2 Å². The average molecular weight is 413 g/mol. The number of para-hydroxylation sites is 1. The number of halogens is 2. The van der Waals surface area contributed by atoms with Gasteiger partial charge in [-0.05, 0) is 37.3 Å². The molecule has 1 saturated heterocycles. The Kier molecular flexibility index (Phi) is 6.36. The molecule has 1 aromatic carbocycles. The fourth-order valence-corrected chi connectivity index (χ4v) is 3.32. The van der Waals surface area contributed by atoms with Crippen LogP contribution in [0.2, 0.25) is 10.0 Å². The second-order valence-electron chi connectivity index (χ2n) is 6.25. The summed E-state index contributed by atoms with van der Waals surface area (Å²) >= 11 is 12.2. The Balaban J connectivity index is 1.87. The van der Waals surface area contributed by atoms with E-state index in [1.165, 1.54) is 6.20 Å². The zero-order chi connectivity index (χ0) is 19.4. The first-order chi connectivity index (χ1) is 13.0. The van der Waals surface area contributed by atoms with Crippen molar-refractivity contribution in [3.63, 3.8) is 0 Å². The normalized spacial score (nSPS) is 16.1. The molecule has 2 aromatic rings. The van der Waals surface area contributed by atoms with Crippen LogP contribution in [0.3, 0.4) is 0 Å². The summed E-state index contributed by atoms with van der Waals surface area (Å²) in [4.78, 5) is 24.4. The summed E-state index contributed by atoms with van der Waals surface area (Å²) in [5, 5.41) is 13.7. The van der Waals surface area contributed by atoms with Gasteiger partial charge in [0.2, 0.25) is 0 Å². The van der Waals surface area contributed by atoms with Gasteiger partial charge in [0, 0.05) is 13.2 Å². The molecule has 0 amide bonds. The summed E-state index contributed by atoms with van der Waals surface area (Å²) in [6.45, 7) is 1.18. The van der Waals surface area contributed by atoms with E-state index in [1.54, 1.807) is 24.3 Å². The van der Waals surface area contributed by atoms with E-state index in [4.69, 9.17) is 32.7 Å². The maximum Gasteiger partial charge on any atom is 0.328 e. The number of rotatable bonds is 6. The fourth-order valence-electron chi connectivity index (χ4n) is 2.97. The molecule has 1 unspecified atom stereocenters. The van der Waals surface area contributed by atoms with Gasteiger partial charge in [-0.2, -0.15) is 5.10 Å². The third kappa shape index (κ3) is 4.61. The zero-order valence-electron chi connectivity index (χ0n) is 14.3. The van der Waals surface area contributed by atoms with Crippen molar-refractivity contribution in [3.8, 4) is 11.5 Å². The van der Waals surface area contributed by atoms with Gasteiger partial charge in [0.1, 0.15) is 5.75 Å². The van der Waals surface area contributed by atoms with Crippen molar-refractivity contribution in [2.45, 2.75) is 25.3 Å². The maximum absolute atomic E-state index is 12.6. The van der Waals surface area contributed by atoms with Gasteiger partial charge in [-0.1, -0.05) is 35.3 Å². The predicted octanol–water partition coefficient (Wildman–Crippen LogP) is 3.78. The SMILES string of the molecule is O=C(O)C(CC1CCOCC1)n1ncc(Oc2ccccc2Cl)c(Cl)c1=O. The Labute approximate surface area is 165 Å². The van der Waals surface area contributed by atoms with Crippen LogP contribution in [0.15, 0.2) is 35.3 Å². The summed E-state index contributed by atoms with van der Waals surface area (Å²) in [7, 11) is 0. The molecule has 1 N–H and O–H groups in total. The zero-order valence-corrected chi connectivity index (χ0v) is 15.8. The van der Waals surface area contributed by atoms with Gasteiger partial charge in [-0.3, -0.25) is 4.79 Å². The number of ether oxygens (including phenoxy) is 2. The van der Waals surface area contributed by atoms with E-state index in [-0.39, 0.29) is 23.1 Å². The van der Waals surface area contributed by atoms with Gasteiger partial charge in [0.25, 0.3) is 5.56 Å². The van der Waals surface area contributed by atoms with Gasteiger partial charge in [-0.25, -0.2) is 9.48 Å². The maximum atomic E-state index is 12.6. The molecule has 0 saturated carbocycles. The Morgan fingerprint density at radius 1 is 1.30 bits per heavy atom. The molecule has 27 heavy (non-hydrogen) atoms. The van der Waals surface area contributed by atoms with Crippen molar-refractivity contribution in [2.75, 3.05) is 13.2 Å². The predicted molar refractivity (Wildman–Crippen MR) is 99.9 cm³/mol. The third-order valence-corrected chi connectivity index (χ3v) is 5.11. The highest BCUT2D eigenvalue weighted by atomic mass is 35.5. The number of hydrogen-bond acceptors (Lipinski definition) is 5. The van der Waals surface area contributed by atoms with E-state index in [9.17, 15) is 14.7 Å². The molecule has 0 spiro atoms. The molecule has 144 valence electrons. The molecule has 1 atom stereocenters. The van der Waals surface area contributed by atoms with Crippen LogP contribution in [0, 0.1) is 5.92 Å². The number of hydrogen-bond donors (Lipinski definition) is 1. The molecule has 2 heterocycles. The number of carbonyl (C=O) groups is 1. The van der Waals surface area contributed by atoms with Crippen LogP contribution in [-0.2, 0) is 9.53 Å². The van der Waals surface area contributed by atoms with Gasteiger partial charge >= 0.3 is 5.97 Å². The summed E-state index contributed by atoms with van der Waals surface area (Å²) < 4.78 is 11.8. The molecule has 7 nitrogen and oxygen atoms in total. The molecule has 1 aliphatic rings. The first-order valence-electron chi connectivity index (χ1n) is 8.47. The summed E-state index contributed by atoms with van der Waals surface area (Å²) in [6, 6.07) is 5.61. The number of benzene rings is 1. The van der Waals surface area contributed by atoms with E-state index >= 15 is 0 Å². The lowest BCUT2D eigenvalue weighted by molar-refractivity contribution is -0.142. The van der Waals surface area contributed by atoms with E-state index in [0.717, 1.165) is 17.5 Å². The minimum Gasteiger partial charge on any atom is -0.480 e. The van der Waals surface area contributed by atoms with Crippen LogP contribution < -0.4 is 10.3 Å². The topological polar surface area (TPSA) is 90.7 Å². The molecule has 1 aromatic heterocycles. The van der Waals surface area contributed by atoms with E-state index in [2.05, 4.69) is 5.10 Å². The molecule has 0 radical (unpaired) electrons. The van der Waals surface area contributed by atoms with Crippen LogP contribution in [0.5, 0.6) is 11.5 Å². The molecule has 9 heteroatoms. The second kappa shape index (κ2) is 8.73. The number of aliphatic carboxylic acids is 1. The minimum atomic E-state index is -1.13. The Morgan fingerprint density at radius 3 is 2.67 bits per heavy atom. The smallest absolute Gasteiger partial charge is 0.328 e. The van der Waals surface area contributed by atoms with E-state index < -0.39 is 17.6 Å². The molecule has 1 fully saturated rings. The monoisotopic (exact) mass is 412 g/mol. The highest BCUT2D eigenvalue weighted by Gasteiger charge is 2.28. The Morgan fingerprint density at radius 2 is 2.00 bits per heavy atom. The first kappa shape index (κ1) is 19.7. The first-order valence-corrected chi connectivity index (χ1v) is 9.23. The van der Waals surface area contributed by atoms with Crippen molar-refractivity contribution in [2.24, 2.45) is 5.92 Å². The Bertz CT molecular complexity index is 880. The average Bonchev–Trinajstić information content (AvgIpc) is 2.66. The van der Waals surface area contributed by atoms with Crippen molar-refractivity contribution >= 4 is 29.2 Å². The standard InChI is InChI=1S/C18H18Cl2N2O5/c19-12-3-1-2-4-14(12)27-15-10-21-22(17(23)16(15)20)13(18(24)25)9-11-5-7-26-8-6-11/h1-4,10-11,13H,5-9H2,(H,24,25). The highest BCUT2D eigenvalue weighted by molar-refractivity contribution is 6.32. The lowest BCUT2D eigenvalue weighted by atomic mass is 9.92. The van der Waals surface area contributed by atoms with Crippen molar-refractivity contribution in [3.05, 3.63) is 50.9 Å². The molecule has 1 aliphatic heterocycles. The van der Waals surface area contributed by atoms with Crippen molar-refractivity contribution in [1.82, 2.24) is 9.78 Å². The van der Waals surface area contributed by atoms with Crippen LogP contribution in [0.1, 0.15) is 25.3 Å². The number of nitrogens with zero attached hydrogens (tertiary/aromatic N) is 2. The molecule has 0 bridgehead atoms. The summed E-state index contributed by atoms with van der Waals surface area (Å²) in [5.74, 6) is -0.656. The van der Waals surface area contributed by atoms with Gasteiger partial charge in [0.15, 0.2) is 16.8 Å². The number of carboxylic acid groups (broad SMARTS) is 1. The second-order valence-corrected chi connectivity index (χ2v) is 7.04. The largest absolute Gasteiger partial charge is 0.480 e. The molecule has 3 rings (SSSR count). The lowest BCUT2D eigenvalue weighted by Gasteiger charge is -2.25. The van der Waals surface area contributed by atoms with Gasteiger partial charge < -0.3 is 14.6 Å². The minimum absolute atomic E-state index is 0.0150. The molecular formula is C18H18Cl2N2O5. The van der Waals surface area contributed by atoms with Crippen LogP contribution in [0.4, 0.5) is 0 Å². The Hall–Kier alpha value is -2.09. The quantitative estimate of drug-likeness (QED) is 0.775. The van der Waals surface area contributed by atoms with Gasteiger partial charge in [0.05, 0.1) is 11.2 Å². The number of carboxylic acids is 1. The lowest BCUT2D eigenvalue weighted by Crippen LogP contribution is -2.34. The van der Waals surface area contributed by atoms with Crippen LogP contribution in [0.25, 0.3) is 0 Å². The van der Waals surface area contributed by atoms with E-state index in [0.29, 0.717) is 24.0 Å². The fraction of sp³-hybridized carbons (Fsp3) is 0.389. The number of aromatic nitrogens is 2. The van der Waals surface area contributed by atoms with Crippen LogP contribution in [-0.4, -0.2) is 34.1 Å². The summed E-state index contributed by atoms with van der Waals surface area (Å²) in [5.41, 5.74) is -0.722. The third-order valence-electron chi connectivity index (χ3n) is 4.45. The van der Waals surface area contributed by atoms with E-state index in [1.807, 2.05) is 0 Å². The molecular weight excluding hydrogens is 395 g/mol.